The van der Waals surface area contributed by atoms with Crippen LogP contribution >= 0.6 is 11.6 Å². The lowest BCUT2D eigenvalue weighted by Gasteiger charge is -2.09. The molecule has 0 unspecified atom stereocenters. The number of halogens is 1. The third kappa shape index (κ3) is 6.62. The topological polar surface area (TPSA) is 149 Å². The highest BCUT2D eigenvalue weighted by atomic mass is 35.5. The predicted octanol–water partition coefficient (Wildman–Crippen LogP) is 3.56. The number of esters is 1. The van der Waals surface area contributed by atoms with E-state index in [-0.39, 0.29) is 22.7 Å². The number of para-hydroxylation sites is 1. The molecule has 0 fully saturated rings. The third-order valence-electron chi connectivity index (χ3n) is 4.41. The molecule has 0 saturated carbocycles. The number of ether oxygens (including phenoxy) is 2. The molecule has 0 aliphatic carbocycles. The van der Waals surface area contributed by atoms with Gasteiger partial charge in [0.15, 0.2) is 0 Å². The molecule has 0 saturated heterocycles. The third-order valence-corrected chi connectivity index (χ3v) is 4.64. The van der Waals surface area contributed by atoms with Gasteiger partial charge in [-0.1, -0.05) is 23.7 Å². The summed E-state index contributed by atoms with van der Waals surface area (Å²) in [6.07, 6.45) is 1.26. The number of hydrazone groups is 1. The van der Waals surface area contributed by atoms with Crippen LogP contribution in [-0.2, 0) is 9.59 Å². The lowest BCUT2D eigenvalue weighted by molar-refractivity contribution is -0.385. The van der Waals surface area contributed by atoms with E-state index in [1.54, 1.807) is 6.07 Å². The van der Waals surface area contributed by atoms with Gasteiger partial charge >= 0.3 is 17.8 Å². The molecule has 0 aliphatic rings. The molecular weight excluding hydrogens is 480 g/mol. The number of amides is 2. The van der Waals surface area contributed by atoms with E-state index in [0.717, 1.165) is 0 Å². The quantitative estimate of drug-likeness (QED) is 0.127. The number of nitro groups is 1. The second kappa shape index (κ2) is 11.4. The van der Waals surface area contributed by atoms with E-state index in [4.69, 9.17) is 21.1 Å². The van der Waals surface area contributed by atoms with Crippen LogP contribution in [-0.4, -0.2) is 36.0 Å². The van der Waals surface area contributed by atoms with Gasteiger partial charge in [0.2, 0.25) is 0 Å². The van der Waals surface area contributed by atoms with Crippen molar-refractivity contribution in [2.75, 3.05) is 12.4 Å². The van der Waals surface area contributed by atoms with E-state index >= 15 is 0 Å². The van der Waals surface area contributed by atoms with Crippen LogP contribution in [0.2, 0.25) is 5.02 Å². The molecule has 0 atom stereocenters. The van der Waals surface area contributed by atoms with Gasteiger partial charge in [0.05, 0.1) is 23.9 Å². The van der Waals surface area contributed by atoms with Crippen LogP contribution in [0.1, 0.15) is 15.9 Å². The summed E-state index contributed by atoms with van der Waals surface area (Å²) in [5.41, 5.74) is 2.26. The molecule has 2 N–H and O–H groups in total. The zero-order chi connectivity index (χ0) is 25.4. The molecule has 3 rings (SSSR count). The first-order valence-electron chi connectivity index (χ1n) is 9.82. The van der Waals surface area contributed by atoms with Crippen LogP contribution in [0.3, 0.4) is 0 Å². The summed E-state index contributed by atoms with van der Waals surface area (Å²) in [5, 5.41) is 17.5. The number of carbonyl (C=O) groups excluding carboxylic acids is 3. The zero-order valence-corrected chi connectivity index (χ0v) is 18.8. The van der Waals surface area contributed by atoms with Crippen molar-refractivity contribution in [2.24, 2.45) is 5.10 Å². The fraction of sp³-hybridized carbons (Fsp3) is 0.0435. The second-order valence-electron chi connectivity index (χ2n) is 6.73. The van der Waals surface area contributed by atoms with Crippen molar-refractivity contribution in [3.63, 3.8) is 0 Å². The number of benzene rings is 3. The number of nitrogens with one attached hydrogen (secondary N) is 2. The maximum Gasteiger partial charge on any atom is 0.350 e. The van der Waals surface area contributed by atoms with E-state index in [2.05, 4.69) is 15.8 Å². The van der Waals surface area contributed by atoms with Gasteiger partial charge in [0.25, 0.3) is 5.69 Å². The van der Waals surface area contributed by atoms with Crippen LogP contribution in [0.4, 0.5) is 11.4 Å². The molecule has 0 radical (unpaired) electrons. The van der Waals surface area contributed by atoms with Crippen molar-refractivity contribution in [2.45, 2.75) is 0 Å². The highest BCUT2D eigenvalue weighted by molar-refractivity contribution is 6.40. The molecule has 3 aromatic rings. The summed E-state index contributed by atoms with van der Waals surface area (Å²) in [4.78, 5) is 46.7. The lowest BCUT2D eigenvalue weighted by Crippen LogP contribution is -2.32. The van der Waals surface area contributed by atoms with Gasteiger partial charge in [-0.05, 0) is 54.1 Å². The largest absolute Gasteiger partial charge is 0.495 e. The number of hydrogen-bond donors (Lipinski definition) is 2. The Hall–Kier alpha value is -4.77. The normalized spacial score (nSPS) is 10.5. The van der Waals surface area contributed by atoms with Crippen molar-refractivity contribution < 1.29 is 28.8 Å². The van der Waals surface area contributed by atoms with Crippen LogP contribution in [0.5, 0.6) is 11.5 Å². The molecule has 11 nitrogen and oxygen atoms in total. The van der Waals surface area contributed by atoms with Crippen LogP contribution in [0.15, 0.2) is 71.8 Å². The molecule has 35 heavy (non-hydrogen) atoms. The van der Waals surface area contributed by atoms with E-state index in [9.17, 15) is 24.5 Å². The molecule has 2 amide bonds. The van der Waals surface area contributed by atoms with Crippen molar-refractivity contribution in [1.82, 2.24) is 5.43 Å². The van der Waals surface area contributed by atoms with Crippen molar-refractivity contribution in [3.8, 4) is 11.5 Å². The number of rotatable bonds is 7. The van der Waals surface area contributed by atoms with Gasteiger partial charge in [0.1, 0.15) is 17.1 Å². The maximum atomic E-state index is 12.3. The average molecular weight is 497 g/mol. The monoisotopic (exact) mass is 496 g/mol. The number of carbonyl (C=O) groups is 3. The number of nitro benzene ring substituents is 1. The van der Waals surface area contributed by atoms with Gasteiger partial charge in [-0.2, -0.15) is 5.10 Å². The Morgan fingerprint density at radius 1 is 1.03 bits per heavy atom. The van der Waals surface area contributed by atoms with Crippen LogP contribution in [0, 0.1) is 10.1 Å². The SMILES string of the molecule is COc1ccc(Cl)cc1NC(=O)C(=O)N/N=C/c1ccc(OC(=O)c2ccccc2[N+](=O)[O-])cc1. The minimum atomic E-state index is -1.03. The highest BCUT2D eigenvalue weighted by Crippen LogP contribution is 2.27. The van der Waals surface area contributed by atoms with E-state index in [1.165, 1.54) is 74.0 Å². The smallest absolute Gasteiger partial charge is 0.350 e. The Morgan fingerprint density at radius 2 is 1.74 bits per heavy atom. The van der Waals surface area contributed by atoms with E-state index in [0.29, 0.717) is 16.3 Å². The Kier molecular flexibility index (Phi) is 8.09. The lowest BCUT2D eigenvalue weighted by atomic mass is 10.2. The first-order valence-corrected chi connectivity index (χ1v) is 10.2. The Balaban J connectivity index is 1.56. The van der Waals surface area contributed by atoms with Crippen LogP contribution in [0.25, 0.3) is 0 Å². The maximum absolute atomic E-state index is 12.3. The standard InChI is InChI=1S/C23H17ClN4O7/c1-34-20-11-8-15(24)12-18(20)26-21(29)22(30)27-25-13-14-6-9-16(10-7-14)35-23(31)17-4-2-3-5-19(17)28(32)33/h2-13H,1H3,(H,26,29)(H,27,30)/b25-13+. The van der Waals surface area contributed by atoms with E-state index < -0.39 is 22.7 Å². The zero-order valence-electron chi connectivity index (χ0n) is 18.1. The van der Waals surface area contributed by atoms with Crippen LogP contribution < -0.4 is 20.2 Å². The molecule has 12 heteroatoms. The first kappa shape index (κ1) is 24.9. The number of nitrogens with zero attached hydrogens (tertiary/aromatic N) is 2. The van der Waals surface area contributed by atoms with Gasteiger partial charge in [0, 0.05) is 11.1 Å². The Bertz CT molecular complexity index is 1310. The molecule has 0 bridgehead atoms. The van der Waals surface area contributed by atoms with Gasteiger partial charge in [-0.15, -0.1) is 0 Å². The van der Waals surface area contributed by atoms with Crippen molar-refractivity contribution in [3.05, 3.63) is 93.0 Å². The number of methoxy groups -OCH3 is 1. The minimum absolute atomic E-state index is 0.143. The predicted molar refractivity (Wildman–Crippen MR) is 127 cm³/mol. The highest BCUT2D eigenvalue weighted by Gasteiger charge is 2.21. The van der Waals surface area contributed by atoms with Crippen molar-refractivity contribution >= 4 is 47.0 Å². The number of hydrogen-bond acceptors (Lipinski definition) is 8. The summed E-state index contributed by atoms with van der Waals surface area (Å²) in [6, 6.07) is 15.9. The Morgan fingerprint density at radius 3 is 2.43 bits per heavy atom. The molecular formula is C23H17ClN4O7. The summed E-state index contributed by atoms with van der Waals surface area (Å²) < 4.78 is 10.3. The summed E-state index contributed by atoms with van der Waals surface area (Å²) in [7, 11) is 1.40. The molecule has 178 valence electrons. The minimum Gasteiger partial charge on any atom is -0.495 e. The van der Waals surface area contributed by atoms with E-state index in [1.807, 2.05) is 0 Å². The Labute approximate surface area is 203 Å². The van der Waals surface area contributed by atoms with Gasteiger partial charge in [-0.3, -0.25) is 19.7 Å². The summed E-state index contributed by atoms with van der Waals surface area (Å²) in [5.74, 6) is -2.43. The van der Waals surface area contributed by atoms with Gasteiger partial charge in [-0.25, -0.2) is 10.2 Å². The first-order chi connectivity index (χ1) is 16.8. The molecule has 0 aromatic heterocycles. The fourth-order valence-corrected chi connectivity index (χ4v) is 2.93. The number of anilines is 1. The molecule has 3 aromatic carbocycles. The molecule has 0 aliphatic heterocycles. The molecule has 0 spiro atoms. The van der Waals surface area contributed by atoms with Gasteiger partial charge < -0.3 is 14.8 Å². The van der Waals surface area contributed by atoms with Crippen molar-refractivity contribution in [1.29, 1.82) is 0 Å². The fourth-order valence-electron chi connectivity index (χ4n) is 2.76. The molecule has 0 heterocycles. The summed E-state index contributed by atoms with van der Waals surface area (Å²) in [6.45, 7) is 0. The average Bonchev–Trinajstić information content (AvgIpc) is 2.85. The second-order valence-corrected chi connectivity index (χ2v) is 7.17. The summed E-state index contributed by atoms with van der Waals surface area (Å²) >= 11 is 5.89.